The lowest BCUT2D eigenvalue weighted by Gasteiger charge is -1.93. The summed E-state index contributed by atoms with van der Waals surface area (Å²) in [6.45, 7) is 9.96. The Morgan fingerprint density at radius 2 is 1.69 bits per heavy atom. The molecule has 2 rings (SSSR count). The molecule has 13 heavy (non-hydrogen) atoms. The van der Waals surface area contributed by atoms with E-state index < -0.39 is 0 Å². The molecule has 2 aliphatic carbocycles. The van der Waals surface area contributed by atoms with Crippen molar-refractivity contribution in [1.29, 1.82) is 0 Å². The maximum atomic E-state index is 3.93. The minimum Gasteiger partial charge on any atom is -0.0918 e. The van der Waals surface area contributed by atoms with Crippen LogP contribution in [0.25, 0.3) is 24.3 Å². The van der Waals surface area contributed by atoms with E-state index in [0.717, 1.165) is 10.4 Å². The van der Waals surface area contributed by atoms with E-state index in [4.69, 9.17) is 0 Å². The molecule has 0 N–H and O–H groups in total. The van der Waals surface area contributed by atoms with Crippen molar-refractivity contribution in [2.45, 2.75) is 6.92 Å². The van der Waals surface area contributed by atoms with Gasteiger partial charge in [0.2, 0.25) is 0 Å². The van der Waals surface area contributed by atoms with Crippen LogP contribution in [0.3, 0.4) is 0 Å². The Kier molecular flexibility index (Phi) is 1.70. The summed E-state index contributed by atoms with van der Waals surface area (Å²) in [5.41, 5.74) is 3.79. The molecule has 64 valence electrons. The SMILES string of the molecule is C=c1ccc2cc(=C)cc-2c(C)c1. The molecule has 0 amide bonds. The van der Waals surface area contributed by atoms with Crippen molar-refractivity contribution in [3.8, 4) is 11.1 Å². The van der Waals surface area contributed by atoms with Crippen LogP contribution in [0, 0.1) is 6.92 Å². The molecule has 0 heterocycles. The molecular formula is C13H12. The quantitative estimate of drug-likeness (QED) is 0.564. The second-order valence-electron chi connectivity index (χ2n) is 3.47. The van der Waals surface area contributed by atoms with Crippen molar-refractivity contribution in [3.63, 3.8) is 0 Å². The highest BCUT2D eigenvalue weighted by atomic mass is 14.1. The van der Waals surface area contributed by atoms with Crippen LogP contribution in [0.5, 0.6) is 0 Å². The normalized spacial score (nSPS) is 10.5. The number of hydrogen-bond acceptors (Lipinski definition) is 0. The van der Waals surface area contributed by atoms with E-state index in [0.29, 0.717) is 0 Å². The summed E-state index contributed by atoms with van der Waals surface area (Å²) in [5.74, 6) is 0. The van der Waals surface area contributed by atoms with Gasteiger partial charge in [-0.05, 0) is 46.2 Å². The van der Waals surface area contributed by atoms with Crippen LogP contribution < -0.4 is 10.4 Å². The third kappa shape index (κ3) is 1.35. The van der Waals surface area contributed by atoms with E-state index in [1.807, 2.05) is 6.07 Å². The highest BCUT2D eigenvalue weighted by Gasteiger charge is 2.02. The van der Waals surface area contributed by atoms with Gasteiger partial charge in [0, 0.05) is 0 Å². The van der Waals surface area contributed by atoms with E-state index in [-0.39, 0.29) is 0 Å². The highest BCUT2D eigenvalue weighted by molar-refractivity contribution is 5.69. The summed E-state index contributed by atoms with van der Waals surface area (Å²) >= 11 is 0. The van der Waals surface area contributed by atoms with Crippen LogP contribution >= 0.6 is 0 Å². The van der Waals surface area contributed by atoms with Gasteiger partial charge >= 0.3 is 0 Å². The van der Waals surface area contributed by atoms with Gasteiger partial charge in [0.05, 0.1) is 0 Å². The Labute approximate surface area is 78.2 Å². The standard InChI is InChI=1S/C13H12/c1-9-4-5-12-7-10(2)8-13(12)11(3)6-9/h4-8H,1-2H2,3H3. The van der Waals surface area contributed by atoms with Crippen molar-refractivity contribution in [1.82, 2.24) is 0 Å². The summed E-state index contributed by atoms with van der Waals surface area (Å²) in [5, 5.41) is 2.13. The molecule has 0 radical (unpaired) electrons. The van der Waals surface area contributed by atoms with E-state index in [1.54, 1.807) is 0 Å². The predicted octanol–water partition coefficient (Wildman–Crippen LogP) is 1.92. The van der Waals surface area contributed by atoms with E-state index in [2.05, 4.69) is 44.3 Å². The van der Waals surface area contributed by atoms with Crippen molar-refractivity contribution in [3.05, 3.63) is 46.3 Å². The van der Waals surface area contributed by atoms with Crippen LogP contribution in [-0.2, 0) is 0 Å². The van der Waals surface area contributed by atoms with Gasteiger partial charge in [0.25, 0.3) is 0 Å². The summed E-state index contributed by atoms with van der Waals surface area (Å²) < 4.78 is 0. The maximum Gasteiger partial charge on any atom is -0.0149 e. The second kappa shape index (κ2) is 2.74. The molecule has 0 saturated carbocycles. The highest BCUT2D eigenvalue weighted by Crippen LogP contribution is 2.20. The number of rotatable bonds is 0. The first-order valence-electron chi connectivity index (χ1n) is 4.35. The Morgan fingerprint density at radius 3 is 2.46 bits per heavy atom. The molecule has 2 aliphatic rings. The lowest BCUT2D eigenvalue weighted by atomic mass is 10.1. The number of fused-ring (bicyclic) bond motifs is 1. The Balaban J connectivity index is 2.94. The lowest BCUT2D eigenvalue weighted by molar-refractivity contribution is 1.50. The summed E-state index contributed by atoms with van der Waals surface area (Å²) in [4.78, 5) is 0. The molecule has 0 aliphatic heterocycles. The molecule has 0 unspecified atom stereocenters. The third-order valence-corrected chi connectivity index (χ3v) is 2.29. The Hall–Kier alpha value is -1.56. The summed E-state index contributed by atoms with van der Waals surface area (Å²) in [6.07, 6.45) is 0. The van der Waals surface area contributed by atoms with Gasteiger partial charge in [-0.3, -0.25) is 0 Å². The van der Waals surface area contributed by atoms with Gasteiger partial charge in [-0.25, -0.2) is 0 Å². The van der Waals surface area contributed by atoms with Gasteiger partial charge < -0.3 is 0 Å². The largest absolute Gasteiger partial charge is 0.0918 e. The first-order valence-corrected chi connectivity index (χ1v) is 4.35. The fourth-order valence-corrected chi connectivity index (χ4v) is 1.67. The fourth-order valence-electron chi connectivity index (χ4n) is 1.67. The fraction of sp³-hybridized carbons (Fsp3) is 0.0769. The first kappa shape index (κ1) is 8.06. The van der Waals surface area contributed by atoms with Crippen molar-refractivity contribution >= 4 is 13.2 Å². The average Bonchev–Trinajstić information content (AvgIpc) is 2.38. The molecule has 0 bridgehead atoms. The monoisotopic (exact) mass is 168 g/mol. The Morgan fingerprint density at radius 1 is 0.923 bits per heavy atom. The molecule has 0 saturated heterocycles. The smallest absolute Gasteiger partial charge is 0.0149 e. The van der Waals surface area contributed by atoms with Crippen LogP contribution in [-0.4, -0.2) is 0 Å². The molecule has 0 nitrogen and oxygen atoms in total. The van der Waals surface area contributed by atoms with Crippen LogP contribution in [0.4, 0.5) is 0 Å². The summed E-state index contributed by atoms with van der Waals surface area (Å²) in [6, 6.07) is 10.4. The minimum atomic E-state index is 1.05. The van der Waals surface area contributed by atoms with Crippen molar-refractivity contribution in [2.24, 2.45) is 0 Å². The minimum absolute atomic E-state index is 1.05. The van der Waals surface area contributed by atoms with E-state index in [9.17, 15) is 0 Å². The molecule has 0 aromatic heterocycles. The van der Waals surface area contributed by atoms with Crippen LogP contribution in [0.1, 0.15) is 5.56 Å². The molecule has 0 atom stereocenters. The number of hydrogen-bond donors (Lipinski definition) is 0. The molecule has 0 aromatic rings. The van der Waals surface area contributed by atoms with Gasteiger partial charge in [-0.15, -0.1) is 0 Å². The second-order valence-corrected chi connectivity index (χ2v) is 3.47. The van der Waals surface area contributed by atoms with E-state index >= 15 is 0 Å². The van der Waals surface area contributed by atoms with Gasteiger partial charge in [0.1, 0.15) is 0 Å². The maximum absolute atomic E-state index is 3.93. The first-order chi connectivity index (χ1) is 6.16. The summed E-state index contributed by atoms with van der Waals surface area (Å²) in [7, 11) is 0. The Bertz CT molecular complexity index is 508. The third-order valence-electron chi connectivity index (χ3n) is 2.29. The predicted molar refractivity (Wildman–Crippen MR) is 58.1 cm³/mol. The van der Waals surface area contributed by atoms with E-state index in [1.165, 1.54) is 16.7 Å². The molecule has 0 aromatic carbocycles. The topological polar surface area (TPSA) is 0 Å². The molecule has 0 fully saturated rings. The molecule has 0 spiro atoms. The van der Waals surface area contributed by atoms with Gasteiger partial charge in [0.15, 0.2) is 0 Å². The van der Waals surface area contributed by atoms with Gasteiger partial charge in [-0.2, -0.15) is 0 Å². The van der Waals surface area contributed by atoms with Gasteiger partial charge in [-0.1, -0.05) is 31.4 Å². The zero-order valence-electron chi connectivity index (χ0n) is 7.80. The molecular weight excluding hydrogens is 156 g/mol. The average molecular weight is 168 g/mol. The van der Waals surface area contributed by atoms with Crippen molar-refractivity contribution in [2.75, 3.05) is 0 Å². The zero-order chi connectivity index (χ0) is 9.42. The lowest BCUT2D eigenvalue weighted by Crippen LogP contribution is -1.90. The van der Waals surface area contributed by atoms with Crippen LogP contribution in [0.15, 0.2) is 30.3 Å². The zero-order valence-corrected chi connectivity index (χ0v) is 7.80. The molecule has 0 heteroatoms. The van der Waals surface area contributed by atoms with Crippen LogP contribution in [0.2, 0.25) is 0 Å². The van der Waals surface area contributed by atoms with Crippen molar-refractivity contribution < 1.29 is 0 Å². The number of aryl methyl sites for hydroxylation is 1.